The molecule has 1 saturated carbocycles. The third-order valence-electron chi connectivity index (χ3n) is 7.42. The van der Waals surface area contributed by atoms with Gasteiger partial charge >= 0.3 is 0 Å². The Balaban J connectivity index is 1.33. The van der Waals surface area contributed by atoms with Crippen molar-refractivity contribution in [2.75, 3.05) is 39.9 Å². The van der Waals surface area contributed by atoms with Gasteiger partial charge in [0, 0.05) is 62.4 Å². The third kappa shape index (κ3) is 5.12. The maximum Gasteiger partial charge on any atom is 0.191 e. The molecule has 5 nitrogen and oxygen atoms in total. The van der Waals surface area contributed by atoms with Crippen LogP contribution in [0.4, 0.5) is 0 Å². The summed E-state index contributed by atoms with van der Waals surface area (Å²) in [6.07, 6.45) is 9.96. The molecule has 4 rings (SSSR count). The Bertz CT molecular complexity index is 705. The number of ether oxygens (including phenoxy) is 1. The van der Waals surface area contributed by atoms with Gasteiger partial charge in [-0.2, -0.15) is 0 Å². The predicted molar refractivity (Wildman–Crippen MR) is 125 cm³/mol. The van der Waals surface area contributed by atoms with Crippen LogP contribution in [0, 0.1) is 0 Å². The van der Waals surface area contributed by atoms with E-state index >= 15 is 0 Å². The Morgan fingerprint density at radius 3 is 2.50 bits per heavy atom. The first kappa shape index (κ1) is 21.9. The van der Waals surface area contributed by atoms with Gasteiger partial charge in [0.05, 0.1) is 0 Å². The minimum Gasteiger partial charge on any atom is -0.381 e. The number of likely N-dealkylation sites (tertiary alicyclic amines) is 1. The maximum absolute atomic E-state index is 6.60. The molecule has 3 fully saturated rings. The lowest BCUT2D eigenvalue weighted by Crippen LogP contribution is -2.53. The molecule has 2 aliphatic heterocycles. The SMILES string of the molecule is CN=C(NCC1(c2ccccc2Cl)CCOCC1)NC1CCN(C2CCCC2)CC1. The summed E-state index contributed by atoms with van der Waals surface area (Å²) < 4.78 is 5.67. The fraction of sp³-hybridized carbons (Fsp3) is 0.708. The summed E-state index contributed by atoms with van der Waals surface area (Å²) in [4.78, 5) is 7.24. The lowest BCUT2D eigenvalue weighted by Gasteiger charge is -2.39. The number of benzene rings is 1. The average molecular weight is 433 g/mol. The molecule has 1 aliphatic carbocycles. The van der Waals surface area contributed by atoms with Crippen molar-refractivity contribution in [3.8, 4) is 0 Å². The lowest BCUT2D eigenvalue weighted by molar-refractivity contribution is 0.0513. The van der Waals surface area contributed by atoms with E-state index in [0.29, 0.717) is 6.04 Å². The number of halogens is 1. The van der Waals surface area contributed by atoms with Crippen molar-refractivity contribution >= 4 is 17.6 Å². The second-order valence-electron chi connectivity index (χ2n) is 9.19. The van der Waals surface area contributed by atoms with Gasteiger partial charge in [-0.25, -0.2) is 0 Å². The smallest absolute Gasteiger partial charge is 0.191 e. The molecule has 2 heterocycles. The Kier molecular flexibility index (Phi) is 7.55. The van der Waals surface area contributed by atoms with E-state index in [0.717, 1.165) is 49.6 Å². The fourth-order valence-electron chi connectivity index (χ4n) is 5.51. The molecule has 2 saturated heterocycles. The van der Waals surface area contributed by atoms with Crippen molar-refractivity contribution in [3.05, 3.63) is 34.9 Å². The van der Waals surface area contributed by atoms with E-state index in [2.05, 4.69) is 32.7 Å². The van der Waals surface area contributed by atoms with Gasteiger partial charge in [0.15, 0.2) is 5.96 Å². The fourth-order valence-corrected chi connectivity index (χ4v) is 5.85. The van der Waals surface area contributed by atoms with E-state index < -0.39 is 0 Å². The van der Waals surface area contributed by atoms with Crippen LogP contribution in [0.2, 0.25) is 5.02 Å². The number of hydrogen-bond donors (Lipinski definition) is 2. The van der Waals surface area contributed by atoms with E-state index in [1.165, 1.54) is 57.2 Å². The molecule has 0 atom stereocenters. The third-order valence-corrected chi connectivity index (χ3v) is 7.75. The zero-order chi connectivity index (χ0) is 20.8. The quantitative estimate of drug-likeness (QED) is 0.546. The number of aliphatic imine (C=N–C) groups is 1. The monoisotopic (exact) mass is 432 g/mol. The van der Waals surface area contributed by atoms with Crippen LogP contribution in [0.3, 0.4) is 0 Å². The van der Waals surface area contributed by atoms with Crippen molar-refractivity contribution in [1.82, 2.24) is 15.5 Å². The Hall–Kier alpha value is -1.30. The predicted octanol–water partition coefficient (Wildman–Crippen LogP) is 3.96. The Morgan fingerprint density at radius 2 is 1.83 bits per heavy atom. The van der Waals surface area contributed by atoms with E-state index in [1.54, 1.807) is 0 Å². The highest BCUT2D eigenvalue weighted by Crippen LogP contribution is 2.38. The van der Waals surface area contributed by atoms with Gasteiger partial charge in [-0.15, -0.1) is 0 Å². The molecule has 0 bridgehead atoms. The molecule has 0 spiro atoms. The lowest BCUT2D eigenvalue weighted by atomic mass is 9.74. The van der Waals surface area contributed by atoms with E-state index in [4.69, 9.17) is 16.3 Å². The van der Waals surface area contributed by atoms with Gasteiger partial charge in [-0.05, 0) is 50.2 Å². The van der Waals surface area contributed by atoms with Crippen molar-refractivity contribution in [2.24, 2.45) is 4.99 Å². The first-order valence-corrected chi connectivity index (χ1v) is 12.1. The largest absolute Gasteiger partial charge is 0.381 e. The topological polar surface area (TPSA) is 48.9 Å². The van der Waals surface area contributed by atoms with Gasteiger partial charge in [0.2, 0.25) is 0 Å². The number of guanidine groups is 1. The molecular formula is C24H37ClN4O. The first-order valence-electron chi connectivity index (χ1n) is 11.7. The maximum atomic E-state index is 6.60. The van der Waals surface area contributed by atoms with Crippen LogP contribution in [0.15, 0.2) is 29.3 Å². The standard InChI is InChI=1S/C24H37ClN4O/c1-26-23(28-19-10-14-29(15-11-19)20-6-2-3-7-20)27-18-24(12-16-30-17-13-24)21-8-4-5-9-22(21)25/h4-5,8-9,19-20H,2-3,6-7,10-18H2,1H3,(H2,26,27,28). The molecule has 0 unspecified atom stereocenters. The highest BCUT2D eigenvalue weighted by molar-refractivity contribution is 6.31. The van der Waals surface area contributed by atoms with Crippen LogP contribution in [0.25, 0.3) is 0 Å². The number of nitrogens with zero attached hydrogens (tertiary/aromatic N) is 2. The first-order chi connectivity index (χ1) is 14.7. The molecule has 166 valence electrons. The Morgan fingerprint density at radius 1 is 1.13 bits per heavy atom. The number of piperidine rings is 1. The van der Waals surface area contributed by atoms with Gasteiger partial charge < -0.3 is 20.3 Å². The molecule has 3 aliphatic rings. The second-order valence-corrected chi connectivity index (χ2v) is 9.60. The molecule has 30 heavy (non-hydrogen) atoms. The summed E-state index contributed by atoms with van der Waals surface area (Å²) in [5.41, 5.74) is 1.21. The van der Waals surface area contributed by atoms with Gasteiger partial charge in [0.1, 0.15) is 0 Å². The van der Waals surface area contributed by atoms with Crippen molar-refractivity contribution in [1.29, 1.82) is 0 Å². The van der Waals surface area contributed by atoms with Crippen LogP contribution in [0.1, 0.15) is 56.9 Å². The van der Waals surface area contributed by atoms with Crippen LogP contribution in [-0.2, 0) is 10.2 Å². The summed E-state index contributed by atoms with van der Waals surface area (Å²) in [6.45, 7) is 4.79. The van der Waals surface area contributed by atoms with Crippen molar-refractivity contribution in [3.63, 3.8) is 0 Å². The van der Waals surface area contributed by atoms with Crippen LogP contribution in [0.5, 0.6) is 0 Å². The minimum atomic E-state index is -0.0138. The minimum absolute atomic E-state index is 0.0138. The van der Waals surface area contributed by atoms with Gasteiger partial charge in [0.25, 0.3) is 0 Å². The Labute approximate surface area is 186 Å². The average Bonchev–Trinajstić information content (AvgIpc) is 3.33. The van der Waals surface area contributed by atoms with E-state index in [9.17, 15) is 0 Å². The van der Waals surface area contributed by atoms with Crippen molar-refractivity contribution in [2.45, 2.75) is 68.9 Å². The zero-order valence-electron chi connectivity index (χ0n) is 18.3. The normalized spacial score (nSPS) is 24.1. The highest BCUT2D eigenvalue weighted by atomic mass is 35.5. The molecular weight excluding hydrogens is 396 g/mol. The molecule has 6 heteroatoms. The van der Waals surface area contributed by atoms with Gasteiger partial charge in [-0.3, -0.25) is 4.99 Å². The zero-order valence-corrected chi connectivity index (χ0v) is 19.1. The summed E-state index contributed by atoms with van der Waals surface area (Å²) in [6, 6.07) is 9.60. The summed E-state index contributed by atoms with van der Waals surface area (Å²) in [5, 5.41) is 8.17. The van der Waals surface area contributed by atoms with Crippen LogP contribution >= 0.6 is 11.6 Å². The van der Waals surface area contributed by atoms with Gasteiger partial charge in [-0.1, -0.05) is 42.6 Å². The molecule has 0 radical (unpaired) electrons. The molecule has 1 aromatic carbocycles. The highest BCUT2D eigenvalue weighted by Gasteiger charge is 2.36. The molecule has 0 amide bonds. The van der Waals surface area contributed by atoms with Crippen LogP contribution in [-0.4, -0.2) is 62.8 Å². The van der Waals surface area contributed by atoms with E-state index in [-0.39, 0.29) is 5.41 Å². The van der Waals surface area contributed by atoms with E-state index in [1.807, 2.05) is 19.2 Å². The second kappa shape index (κ2) is 10.3. The summed E-state index contributed by atoms with van der Waals surface area (Å²) in [5.74, 6) is 0.909. The molecule has 1 aromatic rings. The summed E-state index contributed by atoms with van der Waals surface area (Å²) >= 11 is 6.60. The molecule has 0 aromatic heterocycles. The molecule has 2 N–H and O–H groups in total. The number of rotatable bonds is 5. The summed E-state index contributed by atoms with van der Waals surface area (Å²) in [7, 11) is 1.87. The van der Waals surface area contributed by atoms with Crippen molar-refractivity contribution < 1.29 is 4.74 Å². The van der Waals surface area contributed by atoms with Crippen LogP contribution < -0.4 is 10.6 Å². The number of nitrogens with one attached hydrogen (secondary N) is 2. The number of hydrogen-bond acceptors (Lipinski definition) is 3.